The van der Waals surface area contributed by atoms with Crippen LogP contribution in [0.3, 0.4) is 0 Å². The van der Waals surface area contributed by atoms with Gasteiger partial charge in [0.2, 0.25) is 10.1 Å². The summed E-state index contributed by atoms with van der Waals surface area (Å²) in [6.45, 7) is 0. The molecule has 0 aliphatic rings. The van der Waals surface area contributed by atoms with Crippen LogP contribution in [0.15, 0.2) is 17.5 Å². The molecule has 17 heavy (non-hydrogen) atoms. The average Bonchev–Trinajstić information content (AvgIpc) is 2.85. The molecule has 0 saturated carbocycles. The van der Waals surface area contributed by atoms with Gasteiger partial charge in [-0.05, 0) is 11.4 Å². The zero-order valence-electron chi connectivity index (χ0n) is 7.99. The molecule has 0 atom stereocenters. The number of aromatic nitrogens is 2. The molecular weight excluding hydrogens is 275 g/mol. The van der Waals surface area contributed by atoms with E-state index in [1.165, 1.54) is 11.3 Å². The minimum absolute atomic E-state index is 0.171. The maximum absolute atomic E-state index is 12.2. The Balaban J connectivity index is 2.10. The molecule has 90 valence electrons. The number of carbonyl (C=O) groups excluding carboxylic acids is 1. The van der Waals surface area contributed by atoms with Crippen molar-refractivity contribution in [2.45, 2.75) is 6.18 Å². The summed E-state index contributed by atoms with van der Waals surface area (Å²) in [6, 6.07) is 3.23. The van der Waals surface area contributed by atoms with Gasteiger partial charge in [0.05, 0.1) is 4.88 Å². The van der Waals surface area contributed by atoms with Crippen molar-refractivity contribution >= 4 is 33.7 Å². The Hall–Kier alpha value is -1.48. The Kier molecular flexibility index (Phi) is 3.11. The Morgan fingerprint density at radius 1 is 1.35 bits per heavy atom. The SMILES string of the molecule is O=C(Nc1nnc(C(F)(F)F)s1)c1cccs1. The number of amides is 1. The third kappa shape index (κ3) is 2.80. The molecule has 4 nitrogen and oxygen atoms in total. The Morgan fingerprint density at radius 3 is 2.65 bits per heavy atom. The van der Waals surface area contributed by atoms with Crippen LogP contribution in [0.1, 0.15) is 14.7 Å². The van der Waals surface area contributed by atoms with Crippen molar-refractivity contribution in [3.8, 4) is 0 Å². The lowest BCUT2D eigenvalue weighted by molar-refractivity contribution is -0.138. The molecule has 1 N–H and O–H groups in total. The normalized spacial score (nSPS) is 11.5. The van der Waals surface area contributed by atoms with Crippen molar-refractivity contribution in [3.05, 3.63) is 27.4 Å². The van der Waals surface area contributed by atoms with Crippen molar-refractivity contribution in [3.63, 3.8) is 0 Å². The number of thiophene rings is 1. The van der Waals surface area contributed by atoms with Crippen LogP contribution in [0.25, 0.3) is 0 Å². The molecule has 0 saturated heterocycles. The van der Waals surface area contributed by atoms with Crippen LogP contribution in [0.2, 0.25) is 0 Å². The van der Waals surface area contributed by atoms with Crippen molar-refractivity contribution in [1.82, 2.24) is 10.2 Å². The second-order valence-electron chi connectivity index (χ2n) is 2.84. The van der Waals surface area contributed by atoms with Crippen LogP contribution in [0.5, 0.6) is 0 Å². The first-order valence-corrected chi connectivity index (χ1v) is 5.92. The van der Waals surface area contributed by atoms with E-state index in [1.807, 2.05) is 0 Å². The van der Waals surface area contributed by atoms with E-state index in [1.54, 1.807) is 17.5 Å². The first-order chi connectivity index (χ1) is 7.97. The van der Waals surface area contributed by atoms with Gasteiger partial charge in [0.25, 0.3) is 5.91 Å². The zero-order valence-corrected chi connectivity index (χ0v) is 9.62. The maximum atomic E-state index is 12.2. The zero-order chi connectivity index (χ0) is 12.5. The summed E-state index contributed by atoms with van der Waals surface area (Å²) < 4.78 is 36.6. The van der Waals surface area contributed by atoms with Gasteiger partial charge in [-0.1, -0.05) is 17.4 Å². The molecule has 0 radical (unpaired) electrons. The molecule has 9 heteroatoms. The number of halogens is 3. The number of nitrogens with one attached hydrogen (secondary N) is 1. The molecule has 0 aromatic carbocycles. The van der Waals surface area contributed by atoms with Gasteiger partial charge < -0.3 is 0 Å². The van der Waals surface area contributed by atoms with Crippen molar-refractivity contribution in [2.75, 3.05) is 5.32 Å². The van der Waals surface area contributed by atoms with Gasteiger partial charge in [0.15, 0.2) is 0 Å². The van der Waals surface area contributed by atoms with Crippen LogP contribution in [-0.2, 0) is 6.18 Å². The highest BCUT2D eigenvalue weighted by molar-refractivity contribution is 7.15. The van der Waals surface area contributed by atoms with E-state index >= 15 is 0 Å². The van der Waals surface area contributed by atoms with Gasteiger partial charge in [-0.25, -0.2) is 0 Å². The first-order valence-electron chi connectivity index (χ1n) is 4.22. The van der Waals surface area contributed by atoms with Gasteiger partial charge in [-0.3, -0.25) is 10.1 Å². The molecule has 1 amide bonds. The lowest BCUT2D eigenvalue weighted by atomic mass is 10.4. The molecule has 0 unspecified atom stereocenters. The molecule has 0 aliphatic heterocycles. The lowest BCUT2D eigenvalue weighted by Gasteiger charge is -1.98. The fourth-order valence-corrected chi connectivity index (χ4v) is 2.18. The van der Waals surface area contributed by atoms with Crippen molar-refractivity contribution < 1.29 is 18.0 Å². The van der Waals surface area contributed by atoms with E-state index in [0.717, 1.165) is 0 Å². The smallest absolute Gasteiger partial charge is 0.296 e. The van der Waals surface area contributed by atoms with Gasteiger partial charge in [-0.2, -0.15) is 13.2 Å². The minimum atomic E-state index is -4.54. The number of anilines is 1. The lowest BCUT2D eigenvalue weighted by Crippen LogP contribution is -2.09. The largest absolute Gasteiger partial charge is 0.445 e. The van der Waals surface area contributed by atoms with E-state index in [4.69, 9.17) is 0 Å². The van der Waals surface area contributed by atoms with Crippen molar-refractivity contribution in [1.29, 1.82) is 0 Å². The summed E-state index contributed by atoms with van der Waals surface area (Å²) in [5, 5.41) is 8.90. The van der Waals surface area contributed by atoms with E-state index in [9.17, 15) is 18.0 Å². The molecule has 2 heterocycles. The molecule has 2 rings (SSSR count). The molecule has 0 fully saturated rings. The minimum Gasteiger partial charge on any atom is -0.296 e. The Morgan fingerprint density at radius 2 is 2.12 bits per heavy atom. The molecule has 0 bridgehead atoms. The van der Waals surface area contributed by atoms with E-state index in [-0.39, 0.29) is 5.13 Å². The number of rotatable bonds is 2. The van der Waals surface area contributed by atoms with Crippen LogP contribution in [-0.4, -0.2) is 16.1 Å². The highest BCUT2D eigenvalue weighted by Crippen LogP contribution is 2.33. The third-order valence-corrected chi connectivity index (χ3v) is 3.39. The highest BCUT2D eigenvalue weighted by Gasteiger charge is 2.35. The second-order valence-corrected chi connectivity index (χ2v) is 4.77. The predicted molar refractivity (Wildman–Crippen MR) is 57.2 cm³/mol. The number of hydrogen-bond acceptors (Lipinski definition) is 5. The summed E-state index contributed by atoms with van der Waals surface area (Å²) in [7, 11) is 0. The summed E-state index contributed by atoms with van der Waals surface area (Å²) in [5.41, 5.74) is 0. The van der Waals surface area contributed by atoms with Crippen molar-refractivity contribution in [2.24, 2.45) is 0 Å². The quantitative estimate of drug-likeness (QED) is 0.919. The van der Waals surface area contributed by atoms with Crippen LogP contribution < -0.4 is 5.32 Å². The van der Waals surface area contributed by atoms with Gasteiger partial charge in [-0.15, -0.1) is 21.5 Å². The summed E-state index contributed by atoms with van der Waals surface area (Å²) >= 11 is 1.48. The van der Waals surface area contributed by atoms with E-state index in [2.05, 4.69) is 15.5 Å². The maximum Gasteiger partial charge on any atom is 0.445 e. The fourth-order valence-electron chi connectivity index (χ4n) is 0.955. The first kappa shape index (κ1) is 12.0. The number of hydrogen-bond donors (Lipinski definition) is 1. The number of alkyl halides is 3. The monoisotopic (exact) mass is 279 g/mol. The summed E-state index contributed by atoms with van der Waals surface area (Å²) in [4.78, 5) is 11.9. The molecule has 0 spiro atoms. The Bertz CT molecular complexity index is 520. The molecule has 2 aromatic heterocycles. The van der Waals surface area contributed by atoms with Crippen LogP contribution >= 0.6 is 22.7 Å². The topological polar surface area (TPSA) is 54.9 Å². The fraction of sp³-hybridized carbons (Fsp3) is 0.125. The second kappa shape index (κ2) is 4.41. The highest BCUT2D eigenvalue weighted by atomic mass is 32.1. The predicted octanol–water partition coefficient (Wildman–Crippen LogP) is 2.87. The van der Waals surface area contributed by atoms with Crippen LogP contribution in [0.4, 0.5) is 18.3 Å². The van der Waals surface area contributed by atoms with Crippen LogP contribution in [0, 0.1) is 0 Å². The molecule has 2 aromatic rings. The molecule has 0 aliphatic carbocycles. The van der Waals surface area contributed by atoms with E-state index < -0.39 is 17.1 Å². The Labute approximate surface area is 101 Å². The molecular formula is C8H4F3N3OS2. The van der Waals surface area contributed by atoms with Gasteiger partial charge in [0, 0.05) is 0 Å². The van der Waals surface area contributed by atoms with Gasteiger partial charge >= 0.3 is 6.18 Å². The summed E-state index contributed by atoms with van der Waals surface area (Å²) in [5.74, 6) is -0.495. The summed E-state index contributed by atoms with van der Waals surface area (Å²) in [6.07, 6.45) is -4.54. The number of nitrogens with zero attached hydrogens (tertiary/aromatic N) is 2. The van der Waals surface area contributed by atoms with Gasteiger partial charge in [0.1, 0.15) is 0 Å². The standard InChI is InChI=1S/C8H4F3N3OS2/c9-8(10,11)6-13-14-7(17-6)12-5(15)4-2-1-3-16-4/h1-3H,(H,12,14,15). The average molecular weight is 279 g/mol. The van der Waals surface area contributed by atoms with E-state index in [0.29, 0.717) is 16.2 Å². The number of carbonyl (C=O) groups is 1. The third-order valence-electron chi connectivity index (χ3n) is 1.63.